The lowest BCUT2D eigenvalue weighted by atomic mass is 9.89. The lowest BCUT2D eigenvalue weighted by Gasteiger charge is -2.34. The van der Waals surface area contributed by atoms with Crippen molar-refractivity contribution in [3.8, 4) is 17.2 Å². The second-order valence-corrected chi connectivity index (χ2v) is 6.99. The molecule has 0 N–H and O–H groups in total. The van der Waals surface area contributed by atoms with Crippen molar-refractivity contribution in [2.45, 2.75) is 46.1 Å². The highest BCUT2D eigenvalue weighted by molar-refractivity contribution is 5.91. The van der Waals surface area contributed by atoms with Gasteiger partial charge in [-0.15, -0.1) is 0 Å². The third-order valence-corrected chi connectivity index (χ3v) is 4.85. The van der Waals surface area contributed by atoms with Crippen LogP contribution in [0.3, 0.4) is 0 Å². The predicted octanol–water partition coefficient (Wildman–Crippen LogP) is 5.22. The molecule has 0 bridgehead atoms. The molecule has 118 valence electrons. The lowest BCUT2D eigenvalue weighted by molar-refractivity contribution is 0.0842. The Morgan fingerprint density at radius 2 is 1.96 bits per heavy atom. The third-order valence-electron chi connectivity index (χ3n) is 4.85. The number of aryl methyl sites for hydroxylation is 2. The number of pyridine rings is 1. The van der Waals surface area contributed by atoms with Gasteiger partial charge in [-0.25, -0.2) is 0 Å². The van der Waals surface area contributed by atoms with Gasteiger partial charge in [-0.1, -0.05) is 6.07 Å². The summed E-state index contributed by atoms with van der Waals surface area (Å²) in [5.74, 6) is 1.86. The molecule has 3 heterocycles. The first-order valence-corrected chi connectivity index (χ1v) is 8.12. The number of nitrogens with zero attached hydrogens (tertiary/aromatic N) is 1. The highest BCUT2D eigenvalue weighted by Crippen LogP contribution is 2.44. The molecule has 2 aromatic heterocycles. The summed E-state index contributed by atoms with van der Waals surface area (Å²) in [6, 6.07) is 7.99. The van der Waals surface area contributed by atoms with Gasteiger partial charge in [0.05, 0.1) is 0 Å². The first-order chi connectivity index (χ1) is 11.0. The van der Waals surface area contributed by atoms with E-state index in [0.717, 1.165) is 41.2 Å². The molecular weight excluding hydrogens is 286 g/mol. The number of rotatable bonds is 1. The third kappa shape index (κ3) is 2.23. The summed E-state index contributed by atoms with van der Waals surface area (Å²) >= 11 is 0. The maximum Gasteiger partial charge on any atom is 0.153 e. The van der Waals surface area contributed by atoms with E-state index in [0.29, 0.717) is 0 Å². The van der Waals surface area contributed by atoms with Gasteiger partial charge >= 0.3 is 0 Å². The Hall–Kier alpha value is -2.29. The van der Waals surface area contributed by atoms with Crippen molar-refractivity contribution in [1.29, 1.82) is 0 Å². The van der Waals surface area contributed by atoms with Gasteiger partial charge in [0, 0.05) is 17.1 Å². The zero-order valence-electron chi connectivity index (χ0n) is 14.1. The van der Waals surface area contributed by atoms with Crippen LogP contribution in [-0.2, 0) is 6.42 Å². The summed E-state index contributed by atoms with van der Waals surface area (Å²) in [5.41, 5.74) is 5.33. The second-order valence-electron chi connectivity index (χ2n) is 6.99. The fourth-order valence-electron chi connectivity index (χ4n) is 3.36. The van der Waals surface area contributed by atoms with E-state index in [2.05, 4.69) is 38.7 Å². The van der Waals surface area contributed by atoms with Gasteiger partial charge in [0.25, 0.3) is 0 Å². The summed E-state index contributed by atoms with van der Waals surface area (Å²) in [7, 11) is 0. The van der Waals surface area contributed by atoms with Crippen molar-refractivity contribution in [3.63, 3.8) is 0 Å². The normalized spacial score (nSPS) is 16.2. The Morgan fingerprint density at radius 3 is 2.70 bits per heavy atom. The van der Waals surface area contributed by atoms with E-state index in [4.69, 9.17) is 9.15 Å². The van der Waals surface area contributed by atoms with E-state index >= 15 is 0 Å². The van der Waals surface area contributed by atoms with E-state index in [9.17, 15) is 0 Å². The number of hydrogen-bond acceptors (Lipinski definition) is 3. The van der Waals surface area contributed by atoms with Crippen LogP contribution < -0.4 is 4.74 Å². The summed E-state index contributed by atoms with van der Waals surface area (Å²) in [6.45, 7) is 8.54. The van der Waals surface area contributed by atoms with Crippen LogP contribution in [0.5, 0.6) is 5.75 Å². The van der Waals surface area contributed by atoms with E-state index in [1.807, 2.05) is 18.2 Å². The summed E-state index contributed by atoms with van der Waals surface area (Å²) in [5, 5.41) is 1.17. The second kappa shape index (κ2) is 4.85. The van der Waals surface area contributed by atoms with E-state index in [1.165, 1.54) is 16.5 Å². The highest BCUT2D eigenvalue weighted by atomic mass is 16.5. The fraction of sp³-hybridized carbons (Fsp3) is 0.350. The Balaban J connectivity index is 1.97. The number of furan rings is 1. The van der Waals surface area contributed by atoms with Crippen LogP contribution in [0.25, 0.3) is 22.4 Å². The predicted molar refractivity (Wildman–Crippen MR) is 91.9 cm³/mol. The molecule has 3 nitrogen and oxygen atoms in total. The number of fused-ring (bicyclic) bond motifs is 3. The zero-order valence-corrected chi connectivity index (χ0v) is 14.1. The van der Waals surface area contributed by atoms with Crippen molar-refractivity contribution < 1.29 is 9.15 Å². The molecule has 0 saturated heterocycles. The Bertz CT molecular complexity index is 891. The Labute approximate surface area is 136 Å². The average Bonchev–Trinajstić information content (AvgIpc) is 2.98. The Kier molecular flexibility index (Phi) is 3.02. The van der Waals surface area contributed by atoms with Crippen molar-refractivity contribution in [2.24, 2.45) is 0 Å². The molecule has 1 aromatic carbocycles. The van der Waals surface area contributed by atoms with Crippen molar-refractivity contribution in [1.82, 2.24) is 4.98 Å². The molecule has 0 fully saturated rings. The van der Waals surface area contributed by atoms with Gasteiger partial charge < -0.3 is 9.15 Å². The topological polar surface area (TPSA) is 35.3 Å². The number of ether oxygens (including phenoxy) is 1. The lowest BCUT2D eigenvalue weighted by Crippen LogP contribution is -2.33. The van der Waals surface area contributed by atoms with Crippen molar-refractivity contribution in [3.05, 3.63) is 47.2 Å². The maximum atomic E-state index is 6.30. The number of hydrogen-bond donors (Lipinski definition) is 0. The first-order valence-electron chi connectivity index (χ1n) is 8.12. The molecule has 0 unspecified atom stereocenters. The molecular formula is C20H21NO2. The molecule has 4 rings (SSSR count). The zero-order chi connectivity index (χ0) is 16.2. The molecule has 0 atom stereocenters. The minimum Gasteiger partial charge on any atom is -0.487 e. The molecule has 0 spiro atoms. The van der Waals surface area contributed by atoms with Crippen LogP contribution in [-0.4, -0.2) is 10.6 Å². The van der Waals surface area contributed by atoms with Gasteiger partial charge in [-0.05, 0) is 69.9 Å². The summed E-state index contributed by atoms with van der Waals surface area (Å²) in [4.78, 5) is 4.41. The minimum absolute atomic E-state index is 0.106. The molecule has 0 aliphatic carbocycles. The van der Waals surface area contributed by atoms with Gasteiger partial charge in [-0.2, -0.15) is 0 Å². The molecule has 0 amide bonds. The minimum atomic E-state index is -0.106. The highest BCUT2D eigenvalue weighted by Gasteiger charge is 2.31. The van der Waals surface area contributed by atoms with E-state index < -0.39 is 0 Å². The van der Waals surface area contributed by atoms with Gasteiger partial charge in [0.1, 0.15) is 22.6 Å². The number of benzene rings is 1. The van der Waals surface area contributed by atoms with Crippen LogP contribution in [0.15, 0.2) is 34.9 Å². The molecule has 3 aromatic rings. The Morgan fingerprint density at radius 1 is 1.13 bits per heavy atom. The molecule has 1 aliphatic heterocycles. The van der Waals surface area contributed by atoms with Gasteiger partial charge in [0.15, 0.2) is 5.76 Å². The smallest absolute Gasteiger partial charge is 0.153 e. The van der Waals surface area contributed by atoms with Crippen LogP contribution in [0.4, 0.5) is 0 Å². The van der Waals surface area contributed by atoms with Crippen LogP contribution in [0.2, 0.25) is 0 Å². The number of aromatic nitrogens is 1. The molecule has 3 heteroatoms. The van der Waals surface area contributed by atoms with Crippen LogP contribution in [0.1, 0.15) is 37.0 Å². The largest absolute Gasteiger partial charge is 0.487 e. The summed E-state index contributed by atoms with van der Waals surface area (Å²) in [6.07, 6.45) is 3.82. The van der Waals surface area contributed by atoms with Gasteiger partial charge in [0.2, 0.25) is 0 Å². The van der Waals surface area contributed by atoms with E-state index in [1.54, 1.807) is 6.20 Å². The molecule has 23 heavy (non-hydrogen) atoms. The van der Waals surface area contributed by atoms with Crippen molar-refractivity contribution >= 4 is 11.0 Å². The van der Waals surface area contributed by atoms with Gasteiger partial charge in [-0.3, -0.25) is 4.98 Å². The summed E-state index contributed by atoms with van der Waals surface area (Å²) < 4.78 is 12.5. The molecule has 0 saturated carbocycles. The standard InChI is InChI=1S/C20H21NO2/c1-12-13(2)19-14(8-9-20(3,4)23-19)15-11-17(22-18(12)15)16-7-5-6-10-21-16/h5-7,10-11H,8-9H2,1-4H3. The monoisotopic (exact) mass is 307 g/mol. The fourth-order valence-corrected chi connectivity index (χ4v) is 3.36. The molecule has 0 radical (unpaired) electrons. The van der Waals surface area contributed by atoms with E-state index in [-0.39, 0.29) is 5.60 Å². The first kappa shape index (κ1) is 14.3. The SMILES string of the molecule is Cc1c2c(c3cc(-c4ccccn4)oc3c1C)CCC(C)(C)O2. The van der Waals surface area contributed by atoms with Crippen LogP contribution >= 0.6 is 0 Å². The van der Waals surface area contributed by atoms with Crippen molar-refractivity contribution in [2.75, 3.05) is 0 Å². The molecule has 1 aliphatic rings. The quantitative estimate of drug-likeness (QED) is 0.618. The van der Waals surface area contributed by atoms with Crippen LogP contribution in [0, 0.1) is 13.8 Å². The average molecular weight is 307 g/mol. The maximum absolute atomic E-state index is 6.30.